The van der Waals surface area contributed by atoms with Crippen molar-refractivity contribution < 1.29 is 18.1 Å². The second-order valence-corrected chi connectivity index (χ2v) is 3.26. The van der Waals surface area contributed by atoms with Crippen LogP contribution in [0.3, 0.4) is 0 Å². The zero-order chi connectivity index (χ0) is 12.3. The molecule has 0 saturated heterocycles. The summed E-state index contributed by atoms with van der Waals surface area (Å²) in [6.07, 6.45) is -1.70. The molecule has 0 aromatic carbocycles. The van der Waals surface area contributed by atoms with Gasteiger partial charge >= 0.3 is 0 Å². The number of rotatable bonds is 3. The molecule has 0 aliphatic rings. The number of hydrogen-bond donors (Lipinski definition) is 0. The lowest BCUT2D eigenvalue weighted by molar-refractivity contribution is -0.126. The average molecular weight is 274 g/mol. The van der Waals surface area contributed by atoms with Crippen LogP contribution in [0.4, 0.5) is 18.9 Å². The van der Waals surface area contributed by atoms with Crippen LogP contribution in [-0.4, -0.2) is 28.7 Å². The normalized spacial score (nSPS) is 12.3. The van der Waals surface area contributed by atoms with Crippen molar-refractivity contribution in [1.29, 1.82) is 0 Å². The quantitative estimate of drug-likeness (QED) is 0.627. The Bertz CT molecular complexity index is 386. The van der Waals surface area contributed by atoms with E-state index in [0.717, 1.165) is 6.33 Å². The molecule has 1 amide bonds. The molecule has 16 heavy (non-hydrogen) atoms. The Morgan fingerprint density at radius 1 is 1.44 bits per heavy atom. The summed E-state index contributed by atoms with van der Waals surface area (Å²) in [5, 5.41) is -1.68. The topological polar surface area (TPSA) is 46.1 Å². The smallest absolute Gasteiger partial charge is 0.268 e. The SMILES string of the molecule is O=C(C(F)CF)N(F)c1c(Cl)ncnc1Cl. The van der Waals surface area contributed by atoms with Crippen molar-refractivity contribution in [2.75, 3.05) is 11.8 Å². The molecular weight excluding hydrogens is 270 g/mol. The molecule has 4 nitrogen and oxygen atoms in total. The summed E-state index contributed by atoms with van der Waals surface area (Å²) in [6.45, 7) is -1.65. The van der Waals surface area contributed by atoms with Crippen LogP contribution < -0.4 is 5.12 Å². The largest absolute Gasteiger partial charge is 0.292 e. The lowest BCUT2D eigenvalue weighted by atomic mass is 10.3. The summed E-state index contributed by atoms with van der Waals surface area (Å²) >= 11 is 10.9. The van der Waals surface area contributed by atoms with E-state index in [1.165, 1.54) is 0 Å². The molecule has 88 valence electrons. The van der Waals surface area contributed by atoms with E-state index in [4.69, 9.17) is 23.2 Å². The van der Waals surface area contributed by atoms with Gasteiger partial charge in [-0.25, -0.2) is 18.7 Å². The van der Waals surface area contributed by atoms with Crippen molar-refractivity contribution in [3.63, 3.8) is 0 Å². The van der Waals surface area contributed by atoms with Crippen LogP contribution in [0.25, 0.3) is 0 Å². The number of amides is 1. The molecule has 1 rings (SSSR count). The first kappa shape index (κ1) is 13.0. The Morgan fingerprint density at radius 3 is 2.38 bits per heavy atom. The van der Waals surface area contributed by atoms with Gasteiger partial charge < -0.3 is 0 Å². The fraction of sp³-hybridized carbons (Fsp3) is 0.286. The van der Waals surface area contributed by atoms with Gasteiger partial charge in [-0.2, -0.15) is 0 Å². The number of carbonyl (C=O) groups excluding carboxylic acids is 1. The van der Waals surface area contributed by atoms with Gasteiger partial charge in [-0.05, 0) is 0 Å². The molecule has 1 aromatic heterocycles. The predicted molar refractivity (Wildman–Crippen MR) is 51.5 cm³/mol. The molecule has 1 heterocycles. The van der Waals surface area contributed by atoms with Crippen LogP contribution in [0.1, 0.15) is 0 Å². The van der Waals surface area contributed by atoms with Crippen molar-refractivity contribution in [1.82, 2.24) is 9.97 Å². The third kappa shape index (κ3) is 2.53. The second kappa shape index (κ2) is 5.31. The van der Waals surface area contributed by atoms with E-state index in [1.54, 1.807) is 0 Å². The molecular formula is C7H4Cl2F3N3O. The number of nitrogens with zero attached hydrogens (tertiary/aromatic N) is 3. The zero-order valence-corrected chi connectivity index (χ0v) is 9.01. The van der Waals surface area contributed by atoms with Crippen molar-refractivity contribution >= 4 is 34.8 Å². The number of carbonyl (C=O) groups is 1. The van der Waals surface area contributed by atoms with E-state index >= 15 is 0 Å². The number of alkyl halides is 2. The second-order valence-electron chi connectivity index (χ2n) is 2.54. The lowest BCUT2D eigenvalue weighted by Crippen LogP contribution is -2.32. The molecule has 0 fully saturated rings. The van der Waals surface area contributed by atoms with Crippen molar-refractivity contribution in [3.05, 3.63) is 16.6 Å². The number of hydrogen-bond acceptors (Lipinski definition) is 3. The molecule has 0 aliphatic carbocycles. The summed E-state index contributed by atoms with van der Waals surface area (Å²) in [7, 11) is 0. The predicted octanol–water partition coefficient (Wildman–Crippen LogP) is 2.31. The minimum atomic E-state index is -2.63. The fourth-order valence-corrected chi connectivity index (χ4v) is 1.26. The Hall–Kier alpha value is -1.08. The van der Waals surface area contributed by atoms with Crippen molar-refractivity contribution in [3.8, 4) is 0 Å². The molecule has 0 bridgehead atoms. The van der Waals surface area contributed by atoms with E-state index in [-0.39, 0.29) is 0 Å². The summed E-state index contributed by atoms with van der Waals surface area (Å²) in [5.74, 6) is -1.76. The van der Waals surface area contributed by atoms with Gasteiger partial charge in [0.05, 0.1) is 0 Å². The van der Waals surface area contributed by atoms with Gasteiger partial charge in [0, 0.05) is 0 Å². The first-order chi connectivity index (χ1) is 7.49. The van der Waals surface area contributed by atoms with E-state index < -0.39 is 39.9 Å². The highest BCUT2D eigenvalue weighted by molar-refractivity contribution is 6.38. The zero-order valence-electron chi connectivity index (χ0n) is 7.50. The molecule has 1 unspecified atom stereocenters. The summed E-state index contributed by atoms with van der Waals surface area (Å²) in [5.41, 5.74) is -0.716. The Morgan fingerprint density at radius 2 is 1.94 bits per heavy atom. The molecule has 1 atom stereocenters. The van der Waals surface area contributed by atoms with Gasteiger partial charge in [-0.1, -0.05) is 27.7 Å². The third-order valence-electron chi connectivity index (χ3n) is 1.53. The van der Waals surface area contributed by atoms with Crippen LogP contribution >= 0.6 is 23.2 Å². The molecule has 0 saturated carbocycles. The van der Waals surface area contributed by atoms with Crippen molar-refractivity contribution in [2.45, 2.75) is 6.17 Å². The van der Waals surface area contributed by atoms with E-state index in [1.807, 2.05) is 0 Å². The first-order valence-corrected chi connectivity index (χ1v) is 4.60. The van der Waals surface area contributed by atoms with Gasteiger partial charge in [0.2, 0.25) is 6.17 Å². The highest BCUT2D eigenvalue weighted by Crippen LogP contribution is 2.30. The Kier molecular flexibility index (Phi) is 4.31. The number of aromatic nitrogens is 2. The number of anilines is 1. The lowest BCUT2D eigenvalue weighted by Gasteiger charge is -2.14. The number of halogens is 5. The van der Waals surface area contributed by atoms with Crippen LogP contribution in [0.15, 0.2) is 6.33 Å². The third-order valence-corrected chi connectivity index (χ3v) is 2.08. The molecule has 0 aliphatic heterocycles. The maximum absolute atomic E-state index is 13.3. The molecule has 0 N–H and O–H groups in total. The van der Waals surface area contributed by atoms with E-state index in [2.05, 4.69) is 9.97 Å². The van der Waals surface area contributed by atoms with E-state index in [9.17, 15) is 18.1 Å². The first-order valence-electron chi connectivity index (χ1n) is 3.84. The van der Waals surface area contributed by atoms with Crippen LogP contribution in [0, 0.1) is 0 Å². The molecule has 1 aromatic rings. The van der Waals surface area contributed by atoms with Crippen LogP contribution in [0.5, 0.6) is 0 Å². The van der Waals surface area contributed by atoms with Gasteiger partial charge in [0.25, 0.3) is 5.91 Å². The van der Waals surface area contributed by atoms with E-state index in [0.29, 0.717) is 0 Å². The van der Waals surface area contributed by atoms with Gasteiger partial charge in [0.15, 0.2) is 16.0 Å². The highest BCUT2D eigenvalue weighted by Gasteiger charge is 2.29. The summed E-state index contributed by atoms with van der Waals surface area (Å²) in [4.78, 5) is 17.6. The maximum atomic E-state index is 13.3. The van der Waals surface area contributed by atoms with Crippen LogP contribution in [-0.2, 0) is 4.79 Å². The molecule has 9 heteroatoms. The average Bonchev–Trinajstić information content (AvgIpc) is 2.26. The standard InChI is InChI=1S/C7H4Cl2F3N3O/c8-5-4(6(9)14-2-13-5)15(12)7(16)3(11)1-10/h2-3H,1H2. The summed E-state index contributed by atoms with van der Waals surface area (Å²) in [6, 6.07) is 0. The van der Waals surface area contributed by atoms with Gasteiger partial charge in [-0.3, -0.25) is 4.79 Å². The molecule has 0 radical (unpaired) electrons. The van der Waals surface area contributed by atoms with Gasteiger partial charge in [0.1, 0.15) is 13.0 Å². The summed E-state index contributed by atoms with van der Waals surface area (Å²) < 4.78 is 37.7. The van der Waals surface area contributed by atoms with Crippen molar-refractivity contribution in [2.24, 2.45) is 0 Å². The Balaban J connectivity index is 3.05. The Labute approximate surface area is 97.9 Å². The highest BCUT2D eigenvalue weighted by atomic mass is 35.5. The minimum Gasteiger partial charge on any atom is -0.268 e. The molecule has 0 spiro atoms. The fourth-order valence-electron chi connectivity index (χ4n) is 0.799. The maximum Gasteiger partial charge on any atom is 0.292 e. The monoisotopic (exact) mass is 273 g/mol. The minimum absolute atomic E-state index is 0.484. The van der Waals surface area contributed by atoms with Gasteiger partial charge in [-0.15, -0.1) is 5.12 Å². The van der Waals surface area contributed by atoms with Crippen LogP contribution in [0.2, 0.25) is 10.3 Å².